The molecule has 0 aliphatic rings. The summed E-state index contributed by atoms with van der Waals surface area (Å²) >= 11 is 0. The molecule has 82 valence electrons. The molecule has 0 unspecified atom stereocenters. The molecule has 0 spiro atoms. The monoisotopic (exact) mass is 219 g/mol. The average molecular weight is 219 g/mol. The van der Waals surface area contributed by atoms with E-state index in [2.05, 4.69) is 18.9 Å². The third-order valence-corrected chi connectivity index (χ3v) is 2.71. The Labute approximate surface area is 86.7 Å². The molecule has 0 amide bonds. The summed E-state index contributed by atoms with van der Waals surface area (Å²) in [7, 11) is -0.244. The molecule has 0 aliphatic heterocycles. The lowest BCUT2D eigenvalue weighted by Crippen LogP contribution is -2.30. The zero-order chi connectivity index (χ0) is 11.0. The van der Waals surface area contributed by atoms with Crippen LogP contribution >= 0.6 is 8.61 Å². The molecule has 0 saturated carbocycles. The first-order valence-corrected chi connectivity index (χ1v) is 5.71. The Morgan fingerprint density at radius 2 is 2.00 bits per heavy atom. The molecular weight excluding hydrogens is 201 g/mol. The molecule has 0 aromatic rings. The van der Waals surface area contributed by atoms with E-state index in [9.17, 15) is 9.36 Å². The molecule has 1 N–H and O–H groups in total. The molecule has 0 heterocycles. The van der Waals surface area contributed by atoms with Crippen molar-refractivity contribution in [2.75, 3.05) is 6.61 Å². The Morgan fingerprint density at radius 3 is 2.43 bits per heavy atom. The highest BCUT2D eigenvalue weighted by atomic mass is 31.1. The topological polar surface area (TPSA) is 55.4 Å². The van der Waals surface area contributed by atoms with Crippen molar-refractivity contribution < 1.29 is 14.1 Å². The molecule has 1 atom stereocenters. The highest BCUT2D eigenvalue weighted by Gasteiger charge is 2.15. The van der Waals surface area contributed by atoms with Gasteiger partial charge in [-0.15, -0.1) is 0 Å². The summed E-state index contributed by atoms with van der Waals surface area (Å²) in [6.45, 7) is 6.22. The standard InChI is InChI=1S/C9H18NO3P/c1-4-8(5-2)6-13-9(11)7(3)10-14-12/h7-8H,4-6H2,1-3H3,(H,10,12)/t7-/m0/s1. The molecule has 0 radical (unpaired) electrons. The molecular formula is C9H18NO3P. The summed E-state index contributed by atoms with van der Waals surface area (Å²) in [6.07, 6.45) is 2.01. The van der Waals surface area contributed by atoms with Crippen LogP contribution in [-0.4, -0.2) is 18.6 Å². The molecule has 0 aromatic heterocycles. The Kier molecular flexibility index (Phi) is 7.63. The second-order valence-corrected chi connectivity index (χ2v) is 3.70. The maximum absolute atomic E-state index is 11.2. The largest absolute Gasteiger partial charge is 0.464 e. The third-order valence-electron chi connectivity index (χ3n) is 2.22. The lowest BCUT2D eigenvalue weighted by Gasteiger charge is -2.14. The van der Waals surface area contributed by atoms with Crippen molar-refractivity contribution in [2.45, 2.75) is 39.7 Å². The van der Waals surface area contributed by atoms with E-state index in [1.807, 2.05) is 0 Å². The van der Waals surface area contributed by atoms with Gasteiger partial charge in [0.1, 0.15) is 6.04 Å². The third kappa shape index (κ3) is 5.30. The van der Waals surface area contributed by atoms with Crippen molar-refractivity contribution in [1.29, 1.82) is 0 Å². The van der Waals surface area contributed by atoms with Crippen LogP contribution in [0, 0.1) is 5.92 Å². The fraction of sp³-hybridized carbons (Fsp3) is 0.889. The fourth-order valence-corrected chi connectivity index (χ4v) is 1.24. The molecule has 4 nitrogen and oxygen atoms in total. The summed E-state index contributed by atoms with van der Waals surface area (Å²) in [5, 5.41) is 2.45. The highest BCUT2D eigenvalue weighted by molar-refractivity contribution is 7.21. The lowest BCUT2D eigenvalue weighted by atomic mass is 10.1. The molecule has 0 bridgehead atoms. The van der Waals surface area contributed by atoms with Crippen LogP contribution < -0.4 is 5.09 Å². The first kappa shape index (κ1) is 13.5. The van der Waals surface area contributed by atoms with Crippen molar-refractivity contribution in [3.8, 4) is 0 Å². The minimum absolute atomic E-state index is 0.244. The summed E-state index contributed by atoms with van der Waals surface area (Å²) in [4.78, 5) is 11.2. The van der Waals surface area contributed by atoms with Gasteiger partial charge in [0.05, 0.1) is 6.61 Å². The predicted octanol–water partition coefficient (Wildman–Crippen LogP) is 2.15. The van der Waals surface area contributed by atoms with Crippen LogP contribution in [0.15, 0.2) is 0 Å². The smallest absolute Gasteiger partial charge is 0.323 e. The van der Waals surface area contributed by atoms with E-state index >= 15 is 0 Å². The number of hydrogen-bond acceptors (Lipinski definition) is 3. The van der Waals surface area contributed by atoms with Gasteiger partial charge in [-0.25, -0.2) is 5.09 Å². The number of nitrogens with one attached hydrogen (secondary N) is 1. The zero-order valence-electron chi connectivity index (χ0n) is 8.95. The molecule has 14 heavy (non-hydrogen) atoms. The van der Waals surface area contributed by atoms with E-state index in [0.717, 1.165) is 12.8 Å². The quantitative estimate of drug-likeness (QED) is 0.526. The van der Waals surface area contributed by atoms with Crippen LogP contribution in [0.1, 0.15) is 33.6 Å². The van der Waals surface area contributed by atoms with E-state index in [1.165, 1.54) is 0 Å². The van der Waals surface area contributed by atoms with Crippen LogP contribution in [0.5, 0.6) is 0 Å². The van der Waals surface area contributed by atoms with Crippen LogP contribution in [0.4, 0.5) is 0 Å². The number of carbonyl (C=O) groups excluding carboxylic acids is 1. The first-order chi connectivity index (χ1) is 6.65. The van der Waals surface area contributed by atoms with Gasteiger partial charge >= 0.3 is 5.97 Å². The van der Waals surface area contributed by atoms with E-state index in [1.54, 1.807) is 6.92 Å². The van der Waals surface area contributed by atoms with Gasteiger partial charge in [-0.2, -0.15) is 0 Å². The maximum Gasteiger partial charge on any atom is 0.323 e. The van der Waals surface area contributed by atoms with Gasteiger partial charge in [0.25, 0.3) is 0 Å². The molecule has 0 fully saturated rings. The predicted molar refractivity (Wildman–Crippen MR) is 55.2 cm³/mol. The van der Waals surface area contributed by atoms with E-state index < -0.39 is 6.04 Å². The van der Waals surface area contributed by atoms with Gasteiger partial charge < -0.3 is 4.74 Å². The number of hydrogen-bond donors (Lipinski definition) is 1. The Morgan fingerprint density at radius 1 is 1.43 bits per heavy atom. The van der Waals surface area contributed by atoms with Crippen molar-refractivity contribution in [1.82, 2.24) is 5.09 Å². The Balaban J connectivity index is 3.76. The van der Waals surface area contributed by atoms with E-state index in [4.69, 9.17) is 4.74 Å². The van der Waals surface area contributed by atoms with Crippen LogP contribution in [0.2, 0.25) is 0 Å². The summed E-state index contributed by atoms with van der Waals surface area (Å²) < 4.78 is 15.2. The van der Waals surface area contributed by atoms with Crippen molar-refractivity contribution >= 4 is 14.6 Å². The molecule has 0 aromatic carbocycles. The molecule has 0 saturated heterocycles. The summed E-state index contributed by atoms with van der Waals surface area (Å²) in [6, 6.07) is -0.511. The minimum Gasteiger partial charge on any atom is -0.464 e. The van der Waals surface area contributed by atoms with Gasteiger partial charge in [0, 0.05) is 0 Å². The van der Waals surface area contributed by atoms with Crippen molar-refractivity contribution in [2.24, 2.45) is 5.92 Å². The normalized spacial score (nSPS) is 13.1. The lowest BCUT2D eigenvalue weighted by molar-refractivity contribution is -0.146. The first-order valence-electron chi connectivity index (χ1n) is 4.90. The van der Waals surface area contributed by atoms with Gasteiger partial charge in [0.15, 0.2) is 0 Å². The van der Waals surface area contributed by atoms with Gasteiger partial charge in [0.2, 0.25) is 8.61 Å². The van der Waals surface area contributed by atoms with Crippen LogP contribution in [0.3, 0.4) is 0 Å². The van der Waals surface area contributed by atoms with E-state index in [0.29, 0.717) is 12.5 Å². The van der Waals surface area contributed by atoms with Crippen LogP contribution in [0.25, 0.3) is 0 Å². The Bertz CT molecular complexity index is 183. The van der Waals surface area contributed by atoms with E-state index in [-0.39, 0.29) is 14.6 Å². The van der Waals surface area contributed by atoms with Gasteiger partial charge in [-0.3, -0.25) is 9.36 Å². The second kappa shape index (κ2) is 7.89. The van der Waals surface area contributed by atoms with Gasteiger partial charge in [-0.1, -0.05) is 26.7 Å². The molecule has 0 rings (SSSR count). The minimum atomic E-state index is -0.511. The molecule has 0 aliphatic carbocycles. The zero-order valence-corrected chi connectivity index (χ0v) is 9.84. The number of esters is 1. The number of carbonyl (C=O) groups is 1. The summed E-state index contributed by atoms with van der Waals surface area (Å²) in [5.74, 6) is 0.0798. The highest BCUT2D eigenvalue weighted by Crippen LogP contribution is 2.08. The maximum atomic E-state index is 11.2. The number of ether oxygens (including phenoxy) is 1. The van der Waals surface area contributed by atoms with Crippen molar-refractivity contribution in [3.63, 3.8) is 0 Å². The fourth-order valence-electron chi connectivity index (χ4n) is 0.981. The molecule has 5 heteroatoms. The van der Waals surface area contributed by atoms with Crippen molar-refractivity contribution in [3.05, 3.63) is 0 Å². The number of rotatable bonds is 7. The summed E-state index contributed by atoms with van der Waals surface area (Å²) in [5.41, 5.74) is 0. The van der Waals surface area contributed by atoms with Gasteiger partial charge in [-0.05, 0) is 12.8 Å². The SMILES string of the molecule is CCC(CC)COC(=O)[C@H](C)NP=O. The second-order valence-electron chi connectivity index (χ2n) is 3.25. The average Bonchev–Trinajstić information content (AvgIpc) is 2.19. The van der Waals surface area contributed by atoms with Crippen LogP contribution in [-0.2, 0) is 14.1 Å². The Hall–Kier alpha value is -0.470.